The molecule has 1 saturated heterocycles. The maximum atomic E-state index is 14.1. The lowest BCUT2D eigenvalue weighted by Crippen LogP contribution is -2.24. The first-order valence-electron chi connectivity index (χ1n) is 8.76. The van der Waals surface area contributed by atoms with Crippen molar-refractivity contribution in [3.05, 3.63) is 68.3 Å². The molecule has 0 spiro atoms. The monoisotopic (exact) mass is 440 g/mol. The molecule has 2 aromatic carbocycles. The van der Waals surface area contributed by atoms with E-state index in [1.165, 1.54) is 23.5 Å². The van der Waals surface area contributed by atoms with Gasteiger partial charge in [-0.2, -0.15) is 0 Å². The van der Waals surface area contributed by atoms with Crippen LogP contribution in [0.4, 0.5) is 14.5 Å². The Balaban J connectivity index is 1.82. The molecule has 8 heteroatoms. The molecule has 0 radical (unpaired) electrons. The molecule has 0 N–H and O–H groups in total. The van der Waals surface area contributed by atoms with Crippen LogP contribution < -0.4 is 4.80 Å². The van der Waals surface area contributed by atoms with Crippen LogP contribution in [0.25, 0.3) is 11.3 Å². The first-order chi connectivity index (χ1) is 13.5. The second kappa shape index (κ2) is 8.33. The third-order valence-corrected chi connectivity index (χ3v) is 6.15. The zero-order chi connectivity index (χ0) is 19.7. The van der Waals surface area contributed by atoms with E-state index in [0.717, 1.165) is 36.8 Å². The average molecular weight is 441 g/mol. The zero-order valence-corrected chi connectivity index (χ0v) is 17.0. The minimum atomic E-state index is -0.701. The fourth-order valence-electron chi connectivity index (χ4n) is 3.15. The van der Waals surface area contributed by atoms with E-state index < -0.39 is 11.6 Å². The number of halogens is 4. The molecule has 1 unspecified atom stereocenters. The van der Waals surface area contributed by atoms with Gasteiger partial charge in [0, 0.05) is 23.6 Å². The van der Waals surface area contributed by atoms with Gasteiger partial charge in [0.25, 0.3) is 0 Å². The van der Waals surface area contributed by atoms with Gasteiger partial charge in [0.2, 0.25) is 0 Å². The summed E-state index contributed by atoms with van der Waals surface area (Å²) in [6.45, 7) is 1.32. The summed E-state index contributed by atoms with van der Waals surface area (Å²) in [5.74, 6) is -1.33. The van der Waals surface area contributed by atoms with Crippen molar-refractivity contribution in [3.8, 4) is 11.3 Å². The highest BCUT2D eigenvalue weighted by molar-refractivity contribution is 7.07. The number of nitrogens with zero attached hydrogens (tertiary/aromatic N) is 2. The van der Waals surface area contributed by atoms with Gasteiger partial charge in [0.15, 0.2) is 10.6 Å². The molecule has 146 valence electrons. The summed E-state index contributed by atoms with van der Waals surface area (Å²) in [5, 5.41) is 2.87. The van der Waals surface area contributed by atoms with Crippen molar-refractivity contribution in [1.82, 2.24) is 4.57 Å². The van der Waals surface area contributed by atoms with Crippen molar-refractivity contribution in [2.45, 2.75) is 25.5 Å². The number of benzene rings is 2. The Morgan fingerprint density at radius 3 is 2.71 bits per heavy atom. The minimum Gasteiger partial charge on any atom is -0.376 e. The van der Waals surface area contributed by atoms with Crippen molar-refractivity contribution < 1.29 is 13.5 Å². The Kier molecular flexibility index (Phi) is 5.83. The molecule has 0 bridgehead atoms. The summed E-state index contributed by atoms with van der Waals surface area (Å²) in [6, 6.07) is 8.77. The number of thiazole rings is 1. The van der Waals surface area contributed by atoms with Gasteiger partial charge in [0.05, 0.1) is 28.4 Å². The van der Waals surface area contributed by atoms with E-state index in [-0.39, 0.29) is 11.8 Å². The highest BCUT2D eigenvalue weighted by Gasteiger charge is 2.19. The first-order valence-corrected chi connectivity index (χ1v) is 10.4. The highest BCUT2D eigenvalue weighted by atomic mass is 35.5. The molecule has 2 heterocycles. The minimum absolute atomic E-state index is 0.0631. The highest BCUT2D eigenvalue weighted by Crippen LogP contribution is 2.30. The molecule has 3 nitrogen and oxygen atoms in total. The molecule has 0 amide bonds. The normalized spacial score (nSPS) is 17.4. The molecule has 3 aromatic rings. The fourth-order valence-corrected chi connectivity index (χ4v) is 4.38. The quantitative estimate of drug-likeness (QED) is 0.473. The van der Waals surface area contributed by atoms with Gasteiger partial charge in [-0.25, -0.2) is 13.8 Å². The van der Waals surface area contributed by atoms with Crippen LogP contribution in [0.1, 0.15) is 12.8 Å². The smallest absolute Gasteiger partial charge is 0.190 e. The number of ether oxygens (including phenoxy) is 1. The van der Waals surface area contributed by atoms with Gasteiger partial charge in [-0.15, -0.1) is 11.3 Å². The van der Waals surface area contributed by atoms with Crippen LogP contribution in [0.5, 0.6) is 0 Å². The van der Waals surface area contributed by atoms with Crippen LogP contribution in [0.2, 0.25) is 10.0 Å². The van der Waals surface area contributed by atoms with Crippen molar-refractivity contribution >= 4 is 40.2 Å². The van der Waals surface area contributed by atoms with Gasteiger partial charge >= 0.3 is 0 Å². The number of hydrogen-bond acceptors (Lipinski definition) is 3. The predicted molar refractivity (Wildman–Crippen MR) is 108 cm³/mol. The van der Waals surface area contributed by atoms with E-state index in [0.29, 0.717) is 21.4 Å². The van der Waals surface area contributed by atoms with Crippen LogP contribution in [-0.2, 0) is 11.3 Å². The van der Waals surface area contributed by atoms with Crippen LogP contribution in [-0.4, -0.2) is 17.3 Å². The van der Waals surface area contributed by atoms with Crippen LogP contribution in [0.15, 0.2) is 46.8 Å². The lowest BCUT2D eigenvalue weighted by Gasteiger charge is -2.14. The van der Waals surface area contributed by atoms with E-state index in [1.807, 2.05) is 16.0 Å². The van der Waals surface area contributed by atoms with Gasteiger partial charge in [-0.3, -0.25) is 0 Å². The number of hydrogen-bond donors (Lipinski definition) is 0. The summed E-state index contributed by atoms with van der Waals surface area (Å²) in [6.07, 6.45) is 2.03. The molecular formula is C20H16Cl2F2N2OS. The van der Waals surface area contributed by atoms with E-state index >= 15 is 0 Å². The second-order valence-electron chi connectivity index (χ2n) is 6.49. The summed E-state index contributed by atoms with van der Waals surface area (Å²) in [4.78, 5) is 5.03. The Hall–Kier alpha value is -1.73. The van der Waals surface area contributed by atoms with E-state index in [9.17, 15) is 8.78 Å². The van der Waals surface area contributed by atoms with E-state index in [1.54, 1.807) is 12.1 Å². The summed E-state index contributed by atoms with van der Waals surface area (Å²) >= 11 is 13.6. The van der Waals surface area contributed by atoms with Gasteiger partial charge < -0.3 is 9.30 Å². The predicted octanol–water partition coefficient (Wildman–Crippen LogP) is 6.21. The molecule has 1 aliphatic heterocycles. The summed E-state index contributed by atoms with van der Waals surface area (Å²) in [7, 11) is 0. The first kappa shape index (κ1) is 19.6. The third-order valence-electron chi connectivity index (χ3n) is 4.55. The molecule has 1 atom stereocenters. The lowest BCUT2D eigenvalue weighted by atomic mass is 10.1. The maximum absolute atomic E-state index is 14.1. The van der Waals surface area contributed by atoms with Crippen molar-refractivity contribution in [1.29, 1.82) is 0 Å². The Labute approximate surface area is 174 Å². The third kappa shape index (κ3) is 4.15. The number of rotatable bonds is 4. The molecule has 1 aromatic heterocycles. The standard InChI is InChI=1S/C20H16Cl2F2N2OS/c21-15-5-3-12(8-16(15)22)19-11-28-20(26(19)10-14-2-1-7-27-14)25-18-6-4-13(23)9-17(18)24/h3-6,8-9,11,14H,1-2,7,10H2. The SMILES string of the molecule is Fc1ccc(N=c2scc(-c3ccc(Cl)c(Cl)c3)n2CC2CCCO2)c(F)c1. The molecule has 0 saturated carbocycles. The average Bonchev–Trinajstić information content (AvgIpc) is 3.31. The largest absolute Gasteiger partial charge is 0.376 e. The Bertz CT molecular complexity index is 1070. The molecule has 0 aliphatic carbocycles. The van der Waals surface area contributed by atoms with Gasteiger partial charge in [0.1, 0.15) is 11.5 Å². The van der Waals surface area contributed by atoms with Crippen molar-refractivity contribution in [2.75, 3.05) is 6.61 Å². The topological polar surface area (TPSA) is 26.5 Å². The van der Waals surface area contributed by atoms with E-state index in [4.69, 9.17) is 27.9 Å². The number of aromatic nitrogens is 1. The fraction of sp³-hybridized carbons (Fsp3) is 0.250. The Morgan fingerprint density at radius 1 is 1.14 bits per heavy atom. The van der Waals surface area contributed by atoms with Crippen LogP contribution in [0, 0.1) is 11.6 Å². The maximum Gasteiger partial charge on any atom is 0.190 e. The molecule has 1 fully saturated rings. The van der Waals surface area contributed by atoms with Crippen molar-refractivity contribution in [2.24, 2.45) is 4.99 Å². The second-order valence-corrected chi connectivity index (χ2v) is 8.14. The molecule has 28 heavy (non-hydrogen) atoms. The molecule has 1 aliphatic rings. The summed E-state index contributed by atoms with van der Waals surface area (Å²) in [5.41, 5.74) is 1.86. The zero-order valence-electron chi connectivity index (χ0n) is 14.7. The van der Waals surface area contributed by atoms with Gasteiger partial charge in [-0.1, -0.05) is 29.3 Å². The van der Waals surface area contributed by atoms with Crippen LogP contribution >= 0.6 is 34.5 Å². The lowest BCUT2D eigenvalue weighted by molar-refractivity contribution is 0.0968. The Morgan fingerprint density at radius 2 is 2.00 bits per heavy atom. The molecule has 4 rings (SSSR count). The van der Waals surface area contributed by atoms with Gasteiger partial charge in [-0.05, 0) is 37.1 Å². The summed E-state index contributed by atoms with van der Waals surface area (Å²) < 4.78 is 35.1. The van der Waals surface area contributed by atoms with E-state index in [2.05, 4.69) is 4.99 Å². The van der Waals surface area contributed by atoms with Crippen LogP contribution in [0.3, 0.4) is 0 Å². The molecular weight excluding hydrogens is 425 g/mol. The van der Waals surface area contributed by atoms with Crippen molar-refractivity contribution in [3.63, 3.8) is 0 Å².